The number of hydrogen-bond acceptors (Lipinski definition) is 5. The smallest absolute Gasteiger partial charge is 0.281 e. The molecule has 24 heavy (non-hydrogen) atoms. The van der Waals surface area contributed by atoms with Gasteiger partial charge in [-0.15, -0.1) is 0 Å². The molecule has 0 N–H and O–H groups in total. The van der Waals surface area contributed by atoms with Crippen LogP contribution in [-0.4, -0.2) is 19.4 Å². The van der Waals surface area contributed by atoms with E-state index in [-0.39, 0.29) is 26.3 Å². The summed E-state index contributed by atoms with van der Waals surface area (Å²) in [7, 11) is -4.23. The lowest BCUT2D eigenvalue weighted by atomic mass is 10.1. The third-order valence-electron chi connectivity index (χ3n) is 3.29. The summed E-state index contributed by atoms with van der Waals surface area (Å²) in [4.78, 5) is 25.0. The van der Waals surface area contributed by atoms with Crippen molar-refractivity contribution >= 4 is 31.7 Å². The summed E-state index contributed by atoms with van der Waals surface area (Å²) in [5.41, 5.74) is -2.34. The molecule has 6 nitrogen and oxygen atoms in total. The van der Waals surface area contributed by atoms with E-state index in [1.54, 1.807) is 0 Å². The van der Waals surface area contributed by atoms with Gasteiger partial charge in [0.05, 0.1) is 17.0 Å². The summed E-state index contributed by atoms with van der Waals surface area (Å²) < 4.78 is 54.2. The molecule has 9 heteroatoms. The Balaban J connectivity index is 2.69. The van der Waals surface area contributed by atoms with Gasteiger partial charge >= 0.3 is 10.1 Å². The minimum Gasteiger partial charge on any atom is -0.281 e. The molecule has 2 aromatic carbocycles. The van der Waals surface area contributed by atoms with Gasteiger partial charge in [0.15, 0.2) is 0 Å². The fourth-order valence-corrected chi connectivity index (χ4v) is 2.78. The van der Waals surface area contributed by atoms with Gasteiger partial charge in [0.2, 0.25) is 0 Å². The van der Waals surface area contributed by atoms with E-state index < -0.39 is 32.9 Å². The summed E-state index contributed by atoms with van der Waals surface area (Å²) in [6, 6.07) is 6.32. The fraction of sp³-hybridized carbons (Fsp3) is 0.0667. The maximum Gasteiger partial charge on any atom is 0.324 e. The third kappa shape index (κ3) is 2.73. The van der Waals surface area contributed by atoms with Gasteiger partial charge in [-0.1, -0.05) is 16.9 Å². The Hall–Kier alpha value is -2.81. The van der Waals surface area contributed by atoms with Crippen molar-refractivity contribution in [3.05, 3.63) is 68.7 Å². The largest absolute Gasteiger partial charge is 0.324 e. The maximum absolute atomic E-state index is 13.5. The molecule has 0 spiro atoms. The zero-order valence-corrected chi connectivity index (χ0v) is 12.9. The van der Waals surface area contributed by atoms with Crippen LogP contribution in [0.4, 0.5) is 8.78 Å². The van der Waals surface area contributed by atoms with Gasteiger partial charge in [-0.2, -0.15) is 8.42 Å². The van der Waals surface area contributed by atoms with Crippen LogP contribution < -0.4 is 15.4 Å². The minimum atomic E-state index is -4.23. The summed E-state index contributed by atoms with van der Waals surface area (Å²) in [5, 5.41) is -0.247. The van der Waals surface area contributed by atoms with E-state index in [1.807, 2.05) is 0 Å². The van der Waals surface area contributed by atoms with Crippen LogP contribution in [-0.2, 0) is 10.1 Å². The van der Waals surface area contributed by atoms with Crippen molar-refractivity contribution in [3.8, 4) is 0 Å². The molecule has 1 heterocycles. The van der Waals surface area contributed by atoms with Gasteiger partial charge in [0.1, 0.15) is 11.6 Å². The summed E-state index contributed by atoms with van der Waals surface area (Å²) >= 11 is 0. The lowest BCUT2D eigenvalue weighted by Crippen LogP contribution is -2.38. The highest BCUT2D eigenvalue weighted by Gasteiger charge is 2.16. The van der Waals surface area contributed by atoms with E-state index in [1.165, 1.54) is 12.1 Å². The molecular weight excluding hydrogens is 344 g/mol. The minimum absolute atomic E-state index is 0.0150. The lowest BCUT2D eigenvalue weighted by Gasteiger charge is -2.01. The van der Waals surface area contributed by atoms with Gasteiger partial charge in [-0.25, -0.2) is 8.78 Å². The highest BCUT2D eigenvalue weighted by molar-refractivity contribution is 7.86. The van der Waals surface area contributed by atoms with Crippen LogP contribution in [0.25, 0.3) is 21.5 Å². The van der Waals surface area contributed by atoms with Crippen molar-refractivity contribution in [1.82, 2.24) is 4.73 Å². The number of fused-ring (bicyclic) bond motifs is 3. The van der Waals surface area contributed by atoms with Gasteiger partial charge < -0.3 is 0 Å². The average Bonchev–Trinajstić information content (AvgIpc) is 2.57. The molecule has 0 bridgehead atoms. The van der Waals surface area contributed by atoms with Crippen molar-refractivity contribution in [2.45, 2.75) is 0 Å². The van der Waals surface area contributed by atoms with Crippen LogP contribution in [0.5, 0.6) is 0 Å². The number of halogens is 2. The molecule has 0 aliphatic heterocycles. The standard InChI is InChI=1S/C15H9F2NO5S/c1-24(21,22)23-18-14(19)12-6-8(16)2-4-10(12)11-5-3-9(17)7-13(11)15(18)20/h2-7H,1H3. The summed E-state index contributed by atoms with van der Waals surface area (Å²) in [5.74, 6) is -1.53. The van der Waals surface area contributed by atoms with Gasteiger partial charge in [-0.05, 0) is 35.0 Å². The van der Waals surface area contributed by atoms with Crippen LogP contribution >= 0.6 is 0 Å². The molecule has 124 valence electrons. The molecule has 0 aliphatic carbocycles. The second kappa shape index (κ2) is 5.38. The van der Waals surface area contributed by atoms with Crippen molar-refractivity contribution in [3.63, 3.8) is 0 Å². The first-order chi connectivity index (χ1) is 11.2. The molecule has 0 unspecified atom stereocenters. The molecule has 0 radical (unpaired) electrons. The predicted octanol–water partition coefficient (Wildman–Crippen LogP) is 1.18. The summed E-state index contributed by atoms with van der Waals surface area (Å²) in [6.45, 7) is 0. The third-order valence-corrected chi connectivity index (χ3v) is 3.71. The number of rotatable bonds is 2. The first kappa shape index (κ1) is 16.1. The Morgan fingerprint density at radius 2 is 1.25 bits per heavy atom. The van der Waals surface area contributed by atoms with E-state index in [2.05, 4.69) is 4.28 Å². The van der Waals surface area contributed by atoms with Crippen molar-refractivity contribution in [2.24, 2.45) is 0 Å². The lowest BCUT2D eigenvalue weighted by molar-refractivity contribution is 0.264. The predicted molar refractivity (Wildman–Crippen MR) is 83.3 cm³/mol. The van der Waals surface area contributed by atoms with E-state index >= 15 is 0 Å². The van der Waals surface area contributed by atoms with E-state index in [0.717, 1.165) is 24.3 Å². The molecule has 0 saturated heterocycles. The molecule has 3 aromatic rings. The second-order valence-corrected chi connectivity index (χ2v) is 6.62. The second-order valence-electron chi connectivity index (χ2n) is 5.06. The first-order valence-corrected chi connectivity index (χ1v) is 8.37. The SMILES string of the molecule is CS(=O)(=O)On1c(=O)c2cc(F)ccc2c2ccc(F)cc2c1=O. The summed E-state index contributed by atoms with van der Waals surface area (Å²) in [6.07, 6.45) is 0.636. The number of benzene rings is 2. The zero-order valence-electron chi connectivity index (χ0n) is 12.1. The van der Waals surface area contributed by atoms with Gasteiger partial charge in [0, 0.05) is 0 Å². The Labute approximate surface area is 133 Å². The molecule has 1 aromatic heterocycles. The molecule has 3 rings (SSSR count). The van der Waals surface area contributed by atoms with Crippen LogP contribution in [0.15, 0.2) is 46.0 Å². The van der Waals surface area contributed by atoms with Gasteiger partial charge in [-0.3, -0.25) is 13.9 Å². The van der Waals surface area contributed by atoms with E-state index in [9.17, 15) is 26.8 Å². The number of nitrogens with zero attached hydrogens (tertiary/aromatic N) is 1. The highest BCUT2D eigenvalue weighted by Crippen LogP contribution is 2.21. The average molecular weight is 353 g/mol. The normalized spacial score (nSPS) is 11.8. The Kier molecular flexibility index (Phi) is 3.60. The molecule has 0 amide bonds. The maximum atomic E-state index is 13.5. The van der Waals surface area contributed by atoms with Crippen molar-refractivity contribution < 1.29 is 21.5 Å². The van der Waals surface area contributed by atoms with Crippen molar-refractivity contribution in [2.75, 3.05) is 6.26 Å². The molecular formula is C15H9F2NO5S. The van der Waals surface area contributed by atoms with Crippen LogP contribution in [0, 0.1) is 11.6 Å². The molecule has 0 saturated carbocycles. The van der Waals surface area contributed by atoms with E-state index in [0.29, 0.717) is 6.26 Å². The molecule has 0 aliphatic rings. The topological polar surface area (TPSA) is 82.4 Å². The van der Waals surface area contributed by atoms with Crippen LogP contribution in [0.1, 0.15) is 0 Å². The van der Waals surface area contributed by atoms with Crippen molar-refractivity contribution in [1.29, 1.82) is 0 Å². The highest BCUT2D eigenvalue weighted by atomic mass is 32.2. The number of aromatic nitrogens is 1. The Bertz CT molecular complexity index is 1140. The fourth-order valence-electron chi connectivity index (χ4n) is 2.37. The Morgan fingerprint density at radius 1 is 0.833 bits per heavy atom. The quantitative estimate of drug-likeness (QED) is 0.691. The zero-order chi connectivity index (χ0) is 17.6. The van der Waals surface area contributed by atoms with Crippen LogP contribution in [0.3, 0.4) is 0 Å². The first-order valence-electron chi connectivity index (χ1n) is 6.55. The van der Waals surface area contributed by atoms with E-state index in [4.69, 9.17) is 0 Å². The Morgan fingerprint density at radius 3 is 1.62 bits per heavy atom. The number of hydrogen-bond donors (Lipinski definition) is 0. The molecule has 0 fully saturated rings. The molecule has 0 atom stereocenters. The monoisotopic (exact) mass is 353 g/mol. The van der Waals surface area contributed by atoms with Crippen LogP contribution in [0.2, 0.25) is 0 Å². The van der Waals surface area contributed by atoms with Gasteiger partial charge in [0.25, 0.3) is 11.1 Å².